The predicted molar refractivity (Wildman–Crippen MR) is 63.4 cm³/mol. The number of carbonyl (C=O) groups excluding carboxylic acids is 1. The average molecular weight is 255 g/mol. The lowest BCUT2D eigenvalue weighted by atomic mass is 10.3. The molecule has 0 saturated heterocycles. The monoisotopic (exact) mass is 255 g/mol. The van der Waals surface area contributed by atoms with Gasteiger partial charge in [-0.2, -0.15) is 4.98 Å². The second-order valence-electron chi connectivity index (χ2n) is 3.33. The van der Waals surface area contributed by atoms with Crippen LogP contribution in [0, 0.1) is 10.1 Å². The summed E-state index contributed by atoms with van der Waals surface area (Å²) in [5, 5.41) is 13.5. The number of rotatable bonds is 7. The Bertz CT molecular complexity index is 450. The van der Waals surface area contributed by atoms with Gasteiger partial charge in [0.05, 0.1) is 4.92 Å². The lowest BCUT2D eigenvalue weighted by molar-refractivity contribution is -0.384. The van der Waals surface area contributed by atoms with Crippen molar-refractivity contribution in [2.45, 2.75) is 12.8 Å². The van der Waals surface area contributed by atoms with Gasteiger partial charge in [-0.05, 0) is 6.42 Å². The Balaban J connectivity index is 2.71. The Kier molecular flexibility index (Phi) is 4.75. The summed E-state index contributed by atoms with van der Waals surface area (Å²) >= 11 is 0. The number of hydrazine groups is 1. The number of anilines is 2. The van der Waals surface area contributed by atoms with Crippen molar-refractivity contribution in [2.24, 2.45) is 11.6 Å². The van der Waals surface area contributed by atoms with E-state index in [1.807, 2.05) is 0 Å². The molecule has 0 radical (unpaired) electrons. The Labute approximate surface area is 102 Å². The van der Waals surface area contributed by atoms with E-state index in [4.69, 9.17) is 11.6 Å². The molecule has 0 bridgehead atoms. The van der Waals surface area contributed by atoms with Gasteiger partial charge >= 0.3 is 5.69 Å². The van der Waals surface area contributed by atoms with E-state index in [1.54, 1.807) is 0 Å². The van der Waals surface area contributed by atoms with Crippen molar-refractivity contribution in [3.8, 4) is 0 Å². The molecule has 0 saturated carbocycles. The molecule has 0 fully saturated rings. The zero-order valence-electron chi connectivity index (χ0n) is 9.42. The van der Waals surface area contributed by atoms with Gasteiger partial charge < -0.3 is 11.1 Å². The molecule has 0 spiro atoms. The third-order valence-electron chi connectivity index (χ3n) is 1.99. The number of nitrogens with two attached hydrogens (primary N) is 2. The molecule has 1 amide bonds. The fraction of sp³-hybridized carbons (Fsp3) is 0.375. The number of nitrogens with one attached hydrogen (secondary N) is 2. The molecule has 10 nitrogen and oxygen atoms in total. The normalized spacial score (nSPS) is 9.83. The number of primary amides is 1. The van der Waals surface area contributed by atoms with Crippen LogP contribution in [0.1, 0.15) is 12.8 Å². The summed E-state index contributed by atoms with van der Waals surface area (Å²) in [4.78, 5) is 28.1. The SMILES string of the molecule is NNc1ncc([N+](=O)[O-])c(NCCCC(N)=O)n1. The van der Waals surface area contributed by atoms with Crippen LogP contribution >= 0.6 is 0 Å². The molecule has 0 aromatic carbocycles. The van der Waals surface area contributed by atoms with Gasteiger partial charge in [0.15, 0.2) is 0 Å². The largest absolute Gasteiger partial charge is 0.370 e. The summed E-state index contributed by atoms with van der Waals surface area (Å²) in [6, 6.07) is 0. The van der Waals surface area contributed by atoms with Crippen LogP contribution in [0.15, 0.2) is 6.20 Å². The van der Waals surface area contributed by atoms with Gasteiger partial charge in [0, 0.05) is 13.0 Å². The molecule has 0 unspecified atom stereocenters. The first-order valence-corrected chi connectivity index (χ1v) is 5.05. The van der Waals surface area contributed by atoms with Gasteiger partial charge in [-0.1, -0.05) is 0 Å². The Hall–Kier alpha value is -2.49. The van der Waals surface area contributed by atoms with Crippen molar-refractivity contribution >= 4 is 23.4 Å². The summed E-state index contributed by atoms with van der Waals surface area (Å²) in [7, 11) is 0. The number of carbonyl (C=O) groups is 1. The van der Waals surface area contributed by atoms with Crippen LogP contribution in [0.2, 0.25) is 0 Å². The van der Waals surface area contributed by atoms with Crippen molar-refractivity contribution in [2.75, 3.05) is 17.3 Å². The summed E-state index contributed by atoms with van der Waals surface area (Å²) in [5.74, 6) is 4.76. The number of amides is 1. The van der Waals surface area contributed by atoms with Gasteiger partial charge in [-0.3, -0.25) is 20.3 Å². The fourth-order valence-corrected chi connectivity index (χ4v) is 1.18. The summed E-state index contributed by atoms with van der Waals surface area (Å²) in [6.45, 7) is 0.324. The minimum Gasteiger partial charge on any atom is -0.370 e. The van der Waals surface area contributed by atoms with E-state index in [0.29, 0.717) is 13.0 Å². The zero-order valence-corrected chi connectivity index (χ0v) is 9.42. The first kappa shape index (κ1) is 13.6. The number of aromatic nitrogens is 2. The van der Waals surface area contributed by atoms with Crippen LogP contribution in [-0.2, 0) is 4.79 Å². The highest BCUT2D eigenvalue weighted by Gasteiger charge is 2.16. The molecule has 1 heterocycles. The number of hydrogen-bond acceptors (Lipinski definition) is 8. The second kappa shape index (κ2) is 6.30. The van der Waals surface area contributed by atoms with Crippen LogP contribution in [0.5, 0.6) is 0 Å². The lowest BCUT2D eigenvalue weighted by Gasteiger charge is -2.06. The van der Waals surface area contributed by atoms with Gasteiger partial charge in [0.2, 0.25) is 17.7 Å². The van der Waals surface area contributed by atoms with Crippen molar-refractivity contribution < 1.29 is 9.72 Å². The molecular formula is C8H13N7O3. The molecule has 18 heavy (non-hydrogen) atoms. The van der Waals surface area contributed by atoms with Gasteiger partial charge in [0.1, 0.15) is 6.20 Å². The summed E-state index contributed by atoms with van der Waals surface area (Å²) in [6.07, 6.45) is 1.67. The van der Waals surface area contributed by atoms with Gasteiger partial charge in [-0.25, -0.2) is 10.8 Å². The standard InChI is InChI=1S/C8H13N7O3/c9-6(16)2-1-3-11-7-5(15(17)18)4-12-8(13-7)14-10/h4H,1-3,10H2,(H2,9,16)(H2,11,12,13,14). The van der Waals surface area contributed by atoms with Crippen molar-refractivity contribution in [3.05, 3.63) is 16.3 Å². The van der Waals surface area contributed by atoms with Crippen molar-refractivity contribution in [3.63, 3.8) is 0 Å². The third kappa shape index (κ3) is 3.83. The van der Waals surface area contributed by atoms with Crippen LogP contribution < -0.4 is 22.3 Å². The van der Waals surface area contributed by atoms with E-state index >= 15 is 0 Å². The highest BCUT2D eigenvalue weighted by atomic mass is 16.6. The van der Waals surface area contributed by atoms with E-state index in [-0.39, 0.29) is 23.9 Å². The van der Waals surface area contributed by atoms with Crippen molar-refractivity contribution in [1.82, 2.24) is 9.97 Å². The number of nitro groups is 1. The molecule has 0 aliphatic carbocycles. The minimum atomic E-state index is -0.614. The van der Waals surface area contributed by atoms with Crippen LogP contribution in [0.3, 0.4) is 0 Å². The maximum atomic E-state index is 10.7. The van der Waals surface area contributed by atoms with Crippen molar-refractivity contribution in [1.29, 1.82) is 0 Å². The maximum Gasteiger partial charge on any atom is 0.329 e. The minimum absolute atomic E-state index is 0.0346. The number of nitrogen functional groups attached to an aromatic ring is 1. The quantitative estimate of drug-likeness (QED) is 0.216. The highest BCUT2D eigenvalue weighted by molar-refractivity contribution is 5.73. The Morgan fingerprint density at radius 2 is 2.28 bits per heavy atom. The first-order valence-electron chi connectivity index (χ1n) is 5.05. The highest BCUT2D eigenvalue weighted by Crippen LogP contribution is 2.21. The molecule has 0 aliphatic heterocycles. The molecule has 0 atom stereocenters. The third-order valence-corrected chi connectivity index (χ3v) is 1.99. The van der Waals surface area contributed by atoms with E-state index in [9.17, 15) is 14.9 Å². The topological polar surface area (TPSA) is 162 Å². The maximum absolute atomic E-state index is 10.7. The van der Waals surface area contributed by atoms with E-state index < -0.39 is 10.8 Å². The molecular weight excluding hydrogens is 242 g/mol. The molecule has 10 heteroatoms. The summed E-state index contributed by atoms with van der Waals surface area (Å²) in [5.41, 5.74) is 6.88. The molecule has 98 valence electrons. The zero-order chi connectivity index (χ0) is 13.5. The smallest absolute Gasteiger partial charge is 0.329 e. The molecule has 1 rings (SSSR count). The molecule has 1 aromatic heterocycles. The predicted octanol–water partition coefficient (Wildman–Crippen LogP) is -0.652. The molecule has 0 aliphatic rings. The Morgan fingerprint density at radius 3 is 2.83 bits per heavy atom. The Morgan fingerprint density at radius 1 is 1.56 bits per heavy atom. The summed E-state index contributed by atoms with van der Waals surface area (Å²) < 4.78 is 0. The lowest BCUT2D eigenvalue weighted by Crippen LogP contribution is -2.15. The van der Waals surface area contributed by atoms with Gasteiger partial charge in [0.25, 0.3) is 0 Å². The second-order valence-corrected chi connectivity index (χ2v) is 3.33. The fourth-order valence-electron chi connectivity index (χ4n) is 1.18. The average Bonchev–Trinajstić information content (AvgIpc) is 2.33. The van der Waals surface area contributed by atoms with E-state index in [0.717, 1.165) is 6.20 Å². The van der Waals surface area contributed by atoms with Crippen LogP contribution in [0.4, 0.5) is 17.5 Å². The molecule has 6 N–H and O–H groups in total. The van der Waals surface area contributed by atoms with E-state index in [2.05, 4.69) is 20.7 Å². The molecule has 1 aromatic rings. The number of nitrogens with zero attached hydrogens (tertiary/aromatic N) is 3. The van der Waals surface area contributed by atoms with Crippen LogP contribution in [0.25, 0.3) is 0 Å². The van der Waals surface area contributed by atoms with Crippen LogP contribution in [-0.4, -0.2) is 27.3 Å². The van der Waals surface area contributed by atoms with E-state index in [1.165, 1.54) is 0 Å². The first-order chi connectivity index (χ1) is 8.54. The van der Waals surface area contributed by atoms with Gasteiger partial charge in [-0.15, -0.1) is 0 Å². The number of hydrogen-bond donors (Lipinski definition) is 4.